The zero-order valence-corrected chi connectivity index (χ0v) is 15.3. The number of fused-ring (bicyclic) bond motifs is 1. The summed E-state index contributed by atoms with van der Waals surface area (Å²) in [6, 6.07) is 8.50. The number of aromatic amines is 1. The number of halogens is 1. The fourth-order valence-electron chi connectivity index (χ4n) is 3.76. The highest BCUT2D eigenvalue weighted by molar-refractivity contribution is 7.10. The van der Waals surface area contributed by atoms with Gasteiger partial charge >= 0.3 is 0 Å². The van der Waals surface area contributed by atoms with E-state index in [1.165, 1.54) is 12.1 Å². The van der Waals surface area contributed by atoms with Gasteiger partial charge in [0.1, 0.15) is 5.82 Å². The molecule has 0 saturated heterocycles. The first kappa shape index (κ1) is 17.2. The lowest BCUT2D eigenvalue weighted by molar-refractivity contribution is -0.122. The summed E-state index contributed by atoms with van der Waals surface area (Å²) in [4.78, 5) is 17.1. The Hall–Kier alpha value is -2.18. The molecular formula is C20H21FN2O2S. The summed E-state index contributed by atoms with van der Waals surface area (Å²) in [5.41, 5.74) is 2.55. The number of hydrogen-bond donors (Lipinski definition) is 3. The van der Waals surface area contributed by atoms with E-state index in [0.29, 0.717) is 12.8 Å². The summed E-state index contributed by atoms with van der Waals surface area (Å²) in [7, 11) is 0. The molecular weight excluding hydrogens is 351 g/mol. The van der Waals surface area contributed by atoms with Crippen LogP contribution in [0, 0.1) is 18.7 Å². The number of carbonyl (C=O) groups excluding carboxylic acids is 1. The molecule has 26 heavy (non-hydrogen) atoms. The molecule has 2 heterocycles. The normalized spacial score (nSPS) is 20.7. The highest BCUT2D eigenvalue weighted by Gasteiger charge is 2.36. The monoisotopic (exact) mass is 372 g/mol. The van der Waals surface area contributed by atoms with Crippen molar-refractivity contribution in [3.8, 4) is 0 Å². The lowest BCUT2D eigenvalue weighted by Gasteiger charge is -2.37. The first-order chi connectivity index (χ1) is 12.5. The predicted molar refractivity (Wildman–Crippen MR) is 101 cm³/mol. The Kier molecular flexibility index (Phi) is 4.54. The van der Waals surface area contributed by atoms with Crippen LogP contribution in [0.2, 0.25) is 0 Å². The van der Waals surface area contributed by atoms with E-state index in [2.05, 4.69) is 10.3 Å². The van der Waals surface area contributed by atoms with Crippen molar-refractivity contribution < 1.29 is 14.3 Å². The van der Waals surface area contributed by atoms with E-state index in [1.54, 1.807) is 17.4 Å². The number of carbonyl (C=O) groups is 1. The number of aromatic nitrogens is 1. The molecule has 4 rings (SSSR count). The van der Waals surface area contributed by atoms with Gasteiger partial charge in [-0.25, -0.2) is 4.39 Å². The number of aryl methyl sites for hydroxylation is 1. The third-order valence-corrected chi connectivity index (χ3v) is 6.16. The van der Waals surface area contributed by atoms with Gasteiger partial charge in [-0.15, -0.1) is 11.3 Å². The third kappa shape index (κ3) is 3.27. The maximum absolute atomic E-state index is 13.6. The maximum atomic E-state index is 13.6. The zero-order valence-electron chi connectivity index (χ0n) is 14.5. The molecule has 0 bridgehead atoms. The molecule has 1 fully saturated rings. The number of thiophene rings is 1. The van der Waals surface area contributed by atoms with Crippen LogP contribution in [0.25, 0.3) is 10.9 Å². The van der Waals surface area contributed by atoms with Crippen LogP contribution in [0.4, 0.5) is 4.39 Å². The number of amides is 1. The van der Waals surface area contributed by atoms with Crippen molar-refractivity contribution >= 4 is 28.1 Å². The second kappa shape index (κ2) is 6.85. The van der Waals surface area contributed by atoms with E-state index in [0.717, 1.165) is 27.0 Å². The van der Waals surface area contributed by atoms with E-state index in [9.17, 15) is 14.3 Å². The smallest absolute Gasteiger partial charge is 0.225 e. The lowest BCUT2D eigenvalue weighted by Crippen LogP contribution is -2.41. The Bertz CT molecular complexity index is 929. The molecule has 1 aliphatic rings. The van der Waals surface area contributed by atoms with Gasteiger partial charge in [-0.2, -0.15) is 0 Å². The van der Waals surface area contributed by atoms with E-state index in [1.807, 2.05) is 24.4 Å². The van der Waals surface area contributed by atoms with Crippen LogP contribution in [-0.4, -0.2) is 22.1 Å². The van der Waals surface area contributed by atoms with E-state index in [4.69, 9.17) is 0 Å². The largest absolute Gasteiger partial charge is 0.393 e. The van der Waals surface area contributed by atoms with Crippen LogP contribution in [0.15, 0.2) is 35.7 Å². The molecule has 3 N–H and O–H groups in total. The van der Waals surface area contributed by atoms with E-state index in [-0.39, 0.29) is 36.2 Å². The molecule has 6 heteroatoms. The Balaban J connectivity index is 1.54. The molecule has 1 aromatic carbocycles. The Morgan fingerprint density at radius 1 is 1.42 bits per heavy atom. The van der Waals surface area contributed by atoms with Gasteiger partial charge in [-0.1, -0.05) is 6.07 Å². The van der Waals surface area contributed by atoms with Crippen LogP contribution in [0.5, 0.6) is 0 Å². The quantitative estimate of drug-likeness (QED) is 0.637. The van der Waals surface area contributed by atoms with Gasteiger partial charge in [-0.05, 0) is 60.9 Å². The fourth-order valence-corrected chi connectivity index (χ4v) is 4.63. The van der Waals surface area contributed by atoms with Gasteiger partial charge in [0, 0.05) is 21.5 Å². The molecule has 0 aliphatic heterocycles. The van der Waals surface area contributed by atoms with E-state index >= 15 is 0 Å². The highest BCUT2D eigenvalue weighted by Crippen LogP contribution is 2.39. The van der Waals surface area contributed by atoms with Gasteiger partial charge < -0.3 is 15.4 Å². The van der Waals surface area contributed by atoms with Crippen LogP contribution in [0.3, 0.4) is 0 Å². The molecule has 3 aromatic rings. The van der Waals surface area contributed by atoms with Crippen molar-refractivity contribution in [2.75, 3.05) is 0 Å². The molecule has 2 aromatic heterocycles. The summed E-state index contributed by atoms with van der Waals surface area (Å²) in [6.07, 6.45) is 1.35. The molecule has 0 radical (unpaired) electrons. The Labute approximate surface area is 155 Å². The third-order valence-electron chi connectivity index (χ3n) is 5.21. The van der Waals surface area contributed by atoms with Gasteiger partial charge in [0.15, 0.2) is 0 Å². The van der Waals surface area contributed by atoms with E-state index < -0.39 is 0 Å². The number of aliphatic hydroxyl groups excluding tert-OH is 1. The number of hydrogen-bond acceptors (Lipinski definition) is 3. The molecule has 1 aliphatic carbocycles. The zero-order chi connectivity index (χ0) is 18.3. The minimum absolute atomic E-state index is 0.0758. The highest BCUT2D eigenvalue weighted by atomic mass is 32.1. The number of rotatable bonds is 5. The molecule has 136 valence electrons. The molecule has 1 saturated carbocycles. The standard InChI is InChI=1S/C20H21FN2O2S/c1-11-15(16-9-13(21)4-5-17(16)22-11)10-19(25)23-20(12-7-14(24)8-12)18-3-2-6-26-18/h2-6,9,12,14,20,22,24H,7-8,10H2,1H3,(H,23,25)/t12?,14?,20-/m0/s1. The summed E-state index contributed by atoms with van der Waals surface area (Å²) in [6.45, 7) is 1.90. The fraction of sp³-hybridized carbons (Fsp3) is 0.350. The van der Waals surface area contributed by atoms with Crippen molar-refractivity contribution in [2.45, 2.75) is 38.3 Å². The SMILES string of the molecule is Cc1[nH]c2ccc(F)cc2c1CC(=O)N[C@H](c1cccs1)C1CC(O)C1. The number of benzene rings is 1. The van der Waals surface area contributed by atoms with Crippen molar-refractivity contribution in [2.24, 2.45) is 5.92 Å². The second-order valence-corrected chi connectivity index (χ2v) is 8.02. The average Bonchev–Trinajstić information content (AvgIpc) is 3.20. The topological polar surface area (TPSA) is 65.1 Å². The first-order valence-electron chi connectivity index (χ1n) is 8.79. The Morgan fingerprint density at radius 2 is 2.23 bits per heavy atom. The van der Waals surface area contributed by atoms with Crippen LogP contribution < -0.4 is 5.32 Å². The predicted octanol–water partition coefficient (Wildman–Crippen LogP) is 3.85. The Morgan fingerprint density at radius 3 is 2.92 bits per heavy atom. The summed E-state index contributed by atoms with van der Waals surface area (Å²) >= 11 is 1.62. The van der Waals surface area contributed by atoms with Gasteiger partial charge in [0.05, 0.1) is 18.6 Å². The van der Waals surface area contributed by atoms with Crippen molar-refractivity contribution in [1.29, 1.82) is 0 Å². The second-order valence-electron chi connectivity index (χ2n) is 7.04. The van der Waals surface area contributed by atoms with Crippen LogP contribution in [0.1, 0.15) is 35.0 Å². The van der Waals surface area contributed by atoms with Crippen LogP contribution >= 0.6 is 11.3 Å². The van der Waals surface area contributed by atoms with Gasteiger partial charge in [-0.3, -0.25) is 4.79 Å². The van der Waals surface area contributed by atoms with Crippen molar-refractivity contribution in [3.63, 3.8) is 0 Å². The minimum Gasteiger partial charge on any atom is -0.393 e. The number of aliphatic hydroxyl groups is 1. The number of H-pyrrole nitrogens is 1. The minimum atomic E-state index is -0.307. The summed E-state index contributed by atoms with van der Waals surface area (Å²) < 4.78 is 13.6. The van der Waals surface area contributed by atoms with Crippen LogP contribution in [-0.2, 0) is 11.2 Å². The summed E-state index contributed by atoms with van der Waals surface area (Å²) in [5, 5.41) is 15.5. The van der Waals surface area contributed by atoms with Gasteiger partial charge in [0.25, 0.3) is 0 Å². The van der Waals surface area contributed by atoms with Gasteiger partial charge in [0.2, 0.25) is 5.91 Å². The molecule has 4 nitrogen and oxygen atoms in total. The molecule has 0 unspecified atom stereocenters. The van der Waals surface area contributed by atoms with Crippen molar-refractivity contribution in [1.82, 2.24) is 10.3 Å². The summed E-state index contributed by atoms with van der Waals surface area (Å²) in [5.74, 6) is -0.134. The maximum Gasteiger partial charge on any atom is 0.225 e. The average molecular weight is 372 g/mol. The lowest BCUT2D eigenvalue weighted by atomic mass is 9.76. The molecule has 1 amide bonds. The first-order valence-corrected chi connectivity index (χ1v) is 9.66. The molecule has 1 atom stereocenters. The number of nitrogens with one attached hydrogen (secondary N) is 2. The van der Waals surface area contributed by atoms with Crippen molar-refractivity contribution in [3.05, 3.63) is 57.7 Å². The molecule has 0 spiro atoms.